The van der Waals surface area contributed by atoms with Crippen LogP contribution >= 0.6 is 11.8 Å². The van der Waals surface area contributed by atoms with Crippen LogP contribution in [0.5, 0.6) is 0 Å². The van der Waals surface area contributed by atoms with Gasteiger partial charge in [0.25, 0.3) is 0 Å². The van der Waals surface area contributed by atoms with Crippen molar-refractivity contribution in [2.75, 3.05) is 0 Å². The van der Waals surface area contributed by atoms with Gasteiger partial charge in [-0.25, -0.2) is 0 Å². The van der Waals surface area contributed by atoms with Gasteiger partial charge < -0.3 is 4.74 Å². The van der Waals surface area contributed by atoms with Crippen LogP contribution in [0.15, 0.2) is 47.9 Å². The Balaban J connectivity index is 1.96. The van der Waals surface area contributed by atoms with Gasteiger partial charge >= 0.3 is 0 Å². The van der Waals surface area contributed by atoms with Crippen LogP contribution in [-0.2, 0) is 4.74 Å². The highest BCUT2D eigenvalue weighted by Crippen LogP contribution is 2.39. The SMILES string of the molecule is C=C[C@@]1(C)CCC(Sc2ccccc2)O1. The Kier molecular flexibility index (Phi) is 3.17. The van der Waals surface area contributed by atoms with Gasteiger partial charge in [-0.05, 0) is 31.9 Å². The summed E-state index contributed by atoms with van der Waals surface area (Å²) in [5.41, 5.74) is 0.155. The van der Waals surface area contributed by atoms with Gasteiger partial charge in [0, 0.05) is 4.90 Å². The molecule has 0 spiro atoms. The molecule has 0 radical (unpaired) electrons. The summed E-state index contributed by atoms with van der Waals surface area (Å²) in [7, 11) is 0. The smallest absolute Gasteiger partial charge is 0.109 e. The lowest BCUT2D eigenvalue weighted by molar-refractivity contribution is 0.0455. The topological polar surface area (TPSA) is 9.23 Å². The lowest BCUT2D eigenvalue weighted by Gasteiger charge is -2.19. The minimum atomic E-state index is -0.119. The first kappa shape index (κ1) is 10.8. The monoisotopic (exact) mass is 220 g/mol. The van der Waals surface area contributed by atoms with E-state index >= 15 is 0 Å². The average molecular weight is 220 g/mol. The molecule has 2 heteroatoms. The van der Waals surface area contributed by atoms with Crippen LogP contribution in [0.2, 0.25) is 0 Å². The Morgan fingerprint density at radius 2 is 2.20 bits per heavy atom. The lowest BCUT2D eigenvalue weighted by Crippen LogP contribution is -2.20. The molecule has 0 N–H and O–H groups in total. The van der Waals surface area contributed by atoms with Gasteiger partial charge in [-0.2, -0.15) is 0 Å². The van der Waals surface area contributed by atoms with Gasteiger partial charge in [0.1, 0.15) is 5.44 Å². The standard InChI is InChI=1S/C13H16OS/c1-3-13(2)10-9-12(14-13)15-11-7-5-4-6-8-11/h3-8,12H,1,9-10H2,2H3/t12?,13-/m0/s1. The molecule has 80 valence electrons. The molecule has 0 aliphatic carbocycles. The Labute approximate surface area is 95.5 Å². The summed E-state index contributed by atoms with van der Waals surface area (Å²) in [6.45, 7) is 5.92. The van der Waals surface area contributed by atoms with Gasteiger partial charge in [0.15, 0.2) is 0 Å². The highest BCUT2D eigenvalue weighted by Gasteiger charge is 2.33. The first-order chi connectivity index (χ1) is 7.22. The van der Waals surface area contributed by atoms with Crippen LogP contribution in [-0.4, -0.2) is 11.0 Å². The van der Waals surface area contributed by atoms with Crippen molar-refractivity contribution in [2.45, 2.75) is 35.7 Å². The van der Waals surface area contributed by atoms with Crippen molar-refractivity contribution in [3.63, 3.8) is 0 Å². The van der Waals surface area contributed by atoms with Crippen LogP contribution in [0, 0.1) is 0 Å². The number of ether oxygens (including phenoxy) is 1. The highest BCUT2D eigenvalue weighted by atomic mass is 32.2. The number of hydrogen-bond donors (Lipinski definition) is 0. The highest BCUT2D eigenvalue weighted by molar-refractivity contribution is 7.99. The molecule has 1 aliphatic rings. The molecule has 1 saturated heterocycles. The average Bonchev–Trinajstić information content (AvgIpc) is 2.63. The van der Waals surface area contributed by atoms with E-state index in [9.17, 15) is 0 Å². The van der Waals surface area contributed by atoms with Gasteiger partial charge in [-0.15, -0.1) is 6.58 Å². The van der Waals surface area contributed by atoms with Gasteiger partial charge in [0.2, 0.25) is 0 Å². The van der Waals surface area contributed by atoms with Crippen molar-refractivity contribution in [2.24, 2.45) is 0 Å². The fourth-order valence-electron chi connectivity index (χ4n) is 1.71. The van der Waals surface area contributed by atoms with Crippen molar-refractivity contribution in [1.82, 2.24) is 0 Å². The molecule has 1 fully saturated rings. The zero-order valence-electron chi connectivity index (χ0n) is 8.98. The van der Waals surface area contributed by atoms with E-state index in [-0.39, 0.29) is 11.0 Å². The molecule has 0 aromatic heterocycles. The third-order valence-electron chi connectivity index (χ3n) is 2.72. The summed E-state index contributed by atoms with van der Waals surface area (Å²) >= 11 is 1.80. The molecular weight excluding hydrogens is 204 g/mol. The van der Waals surface area contributed by atoms with Gasteiger partial charge in [-0.1, -0.05) is 36.0 Å². The minimum absolute atomic E-state index is 0.119. The minimum Gasteiger partial charge on any atom is -0.357 e. The van der Waals surface area contributed by atoms with E-state index in [4.69, 9.17) is 4.74 Å². The second-order valence-electron chi connectivity index (χ2n) is 4.03. The molecule has 2 atom stereocenters. The number of hydrogen-bond acceptors (Lipinski definition) is 2. The Morgan fingerprint density at radius 1 is 1.47 bits per heavy atom. The zero-order valence-corrected chi connectivity index (χ0v) is 9.80. The number of benzene rings is 1. The van der Waals surface area contributed by atoms with E-state index in [1.807, 2.05) is 12.1 Å². The van der Waals surface area contributed by atoms with E-state index in [1.54, 1.807) is 11.8 Å². The fraction of sp³-hybridized carbons (Fsp3) is 0.385. The normalized spacial score (nSPS) is 30.3. The molecule has 15 heavy (non-hydrogen) atoms. The van der Waals surface area contributed by atoms with Crippen LogP contribution in [0.1, 0.15) is 19.8 Å². The second-order valence-corrected chi connectivity index (χ2v) is 5.27. The molecule has 1 unspecified atom stereocenters. The fourth-order valence-corrected chi connectivity index (χ4v) is 2.83. The molecule has 1 aromatic rings. The van der Waals surface area contributed by atoms with E-state index in [0.29, 0.717) is 0 Å². The molecule has 0 amide bonds. The van der Waals surface area contributed by atoms with Crippen LogP contribution in [0.4, 0.5) is 0 Å². The number of thioether (sulfide) groups is 1. The summed E-state index contributed by atoms with van der Waals surface area (Å²) in [4.78, 5) is 1.27. The van der Waals surface area contributed by atoms with Crippen LogP contribution < -0.4 is 0 Å². The molecule has 0 bridgehead atoms. The quantitative estimate of drug-likeness (QED) is 0.715. The first-order valence-electron chi connectivity index (χ1n) is 5.25. The third-order valence-corrected chi connectivity index (χ3v) is 3.86. The number of rotatable bonds is 3. The Hall–Kier alpha value is -0.730. The van der Waals surface area contributed by atoms with Crippen molar-refractivity contribution < 1.29 is 4.74 Å². The predicted molar refractivity (Wildman–Crippen MR) is 65.0 cm³/mol. The van der Waals surface area contributed by atoms with Gasteiger partial charge in [-0.3, -0.25) is 0 Å². The summed E-state index contributed by atoms with van der Waals surface area (Å²) in [6.07, 6.45) is 4.08. The maximum absolute atomic E-state index is 5.95. The van der Waals surface area contributed by atoms with E-state index in [2.05, 4.69) is 37.8 Å². The summed E-state index contributed by atoms with van der Waals surface area (Å²) in [5.74, 6) is 0. The summed E-state index contributed by atoms with van der Waals surface area (Å²) in [6, 6.07) is 10.4. The van der Waals surface area contributed by atoms with Crippen LogP contribution in [0.25, 0.3) is 0 Å². The summed E-state index contributed by atoms with van der Waals surface area (Å²) in [5, 5.41) is 0. The van der Waals surface area contributed by atoms with E-state index in [0.717, 1.165) is 12.8 Å². The molecule has 1 aromatic carbocycles. The zero-order chi connectivity index (χ0) is 10.7. The maximum atomic E-state index is 5.95. The van der Waals surface area contributed by atoms with Crippen molar-refractivity contribution >= 4 is 11.8 Å². The second kappa shape index (κ2) is 4.42. The van der Waals surface area contributed by atoms with Crippen LogP contribution in [0.3, 0.4) is 0 Å². The lowest BCUT2D eigenvalue weighted by atomic mass is 10.0. The molecular formula is C13H16OS. The van der Waals surface area contributed by atoms with E-state index < -0.39 is 0 Å². The largest absolute Gasteiger partial charge is 0.357 e. The molecule has 1 aliphatic heterocycles. The summed E-state index contributed by atoms with van der Waals surface area (Å²) < 4.78 is 5.95. The third kappa shape index (κ3) is 2.64. The van der Waals surface area contributed by atoms with Crippen molar-refractivity contribution in [1.29, 1.82) is 0 Å². The Morgan fingerprint density at radius 3 is 2.80 bits per heavy atom. The molecule has 1 heterocycles. The predicted octanol–water partition coefficient (Wildman–Crippen LogP) is 3.86. The molecule has 2 rings (SSSR count). The van der Waals surface area contributed by atoms with Crippen molar-refractivity contribution in [3.8, 4) is 0 Å². The Bertz CT molecular complexity index is 336. The first-order valence-corrected chi connectivity index (χ1v) is 6.13. The maximum Gasteiger partial charge on any atom is 0.109 e. The molecule has 1 nitrogen and oxygen atoms in total. The van der Waals surface area contributed by atoms with Crippen molar-refractivity contribution in [3.05, 3.63) is 43.0 Å². The molecule has 0 saturated carbocycles. The van der Waals surface area contributed by atoms with E-state index in [1.165, 1.54) is 4.90 Å². The van der Waals surface area contributed by atoms with Gasteiger partial charge in [0.05, 0.1) is 5.60 Å².